The van der Waals surface area contributed by atoms with Crippen molar-refractivity contribution in [3.63, 3.8) is 0 Å². The Labute approximate surface area is 272 Å². The van der Waals surface area contributed by atoms with Crippen LogP contribution in [0.2, 0.25) is 0 Å². The second kappa shape index (κ2) is 12.0. The van der Waals surface area contributed by atoms with E-state index in [1.165, 1.54) is 0 Å². The number of amides is 4. The summed E-state index contributed by atoms with van der Waals surface area (Å²) in [7, 11) is 0. The van der Waals surface area contributed by atoms with Crippen molar-refractivity contribution in [2.24, 2.45) is 0 Å². The molecular weight excluding hydrogens is 722 g/mol. The van der Waals surface area contributed by atoms with Gasteiger partial charge < -0.3 is 14.4 Å². The van der Waals surface area contributed by atoms with Crippen molar-refractivity contribution in [3.8, 4) is 11.5 Å². The Morgan fingerprint density at radius 2 is 0.686 bits per heavy atom. The molecule has 4 aromatic rings. The van der Waals surface area contributed by atoms with E-state index >= 15 is 0 Å². The highest BCUT2D eigenvalue weighted by Gasteiger charge is 2.43. The molecule has 0 fully saturated rings. The van der Waals surface area contributed by atoms with E-state index in [9.17, 15) is 72.7 Å². The lowest BCUT2D eigenvalue weighted by Crippen LogP contribution is -2.33. The fraction of sp³-hybridized carbons (Fsp3) is 0. The third-order valence-corrected chi connectivity index (χ3v) is 7.05. The summed E-state index contributed by atoms with van der Waals surface area (Å²) >= 11 is 0. The summed E-state index contributed by atoms with van der Waals surface area (Å²) in [6, 6.07) is 5.58. The van der Waals surface area contributed by atoms with Gasteiger partial charge in [-0.15, -0.1) is 0 Å². The molecular formula is C30H6F10N2O9. The standard InChI is InChI=1S/C30H6F10N2O9/c31-15-13(16(32)20(36)23(39)19(15)35)29(47)50-41-25(43)9-3-1-7(5-11(9)27(41)45)49-8-2-4-10-12(6-8)28(46)42(26(10)44)51-30(48)14-17(33)21(37)24(40)22(38)18(14)34/h1-6H. The highest BCUT2D eigenvalue weighted by atomic mass is 19.2. The zero-order valence-electron chi connectivity index (χ0n) is 23.8. The largest absolute Gasteiger partial charge is 0.457 e. The van der Waals surface area contributed by atoms with Gasteiger partial charge in [0.25, 0.3) is 23.6 Å². The molecule has 0 saturated carbocycles. The average molecular weight is 728 g/mol. The molecule has 0 radical (unpaired) electrons. The summed E-state index contributed by atoms with van der Waals surface area (Å²) in [5, 5.41) is -0.673. The zero-order chi connectivity index (χ0) is 37.4. The van der Waals surface area contributed by atoms with Gasteiger partial charge in [0.05, 0.1) is 22.3 Å². The lowest BCUT2D eigenvalue weighted by Gasteiger charge is -2.14. The van der Waals surface area contributed by atoms with E-state index in [1.54, 1.807) is 0 Å². The third kappa shape index (κ3) is 5.16. The first-order valence-electron chi connectivity index (χ1n) is 13.2. The normalized spacial score (nSPS) is 13.5. The van der Waals surface area contributed by atoms with E-state index in [2.05, 4.69) is 9.68 Å². The van der Waals surface area contributed by atoms with Crippen molar-refractivity contribution in [1.82, 2.24) is 10.1 Å². The Kier molecular flexibility index (Phi) is 7.99. The molecule has 0 aromatic heterocycles. The van der Waals surface area contributed by atoms with E-state index < -0.39 is 127 Å². The fourth-order valence-electron chi connectivity index (χ4n) is 4.65. The molecule has 2 aliphatic heterocycles. The average Bonchev–Trinajstić information content (AvgIpc) is 3.47. The van der Waals surface area contributed by atoms with Crippen LogP contribution in [-0.4, -0.2) is 45.7 Å². The number of hydroxylamine groups is 4. The maximum Gasteiger partial charge on any atom is 0.370 e. The molecule has 2 heterocycles. The molecule has 0 saturated heterocycles. The number of hydrogen-bond donors (Lipinski definition) is 0. The molecule has 21 heteroatoms. The van der Waals surface area contributed by atoms with Crippen LogP contribution < -0.4 is 4.74 Å². The van der Waals surface area contributed by atoms with Crippen LogP contribution in [-0.2, 0) is 9.68 Å². The summed E-state index contributed by atoms with van der Waals surface area (Å²) in [6.07, 6.45) is 0. The van der Waals surface area contributed by atoms with E-state index in [0.717, 1.165) is 36.4 Å². The summed E-state index contributed by atoms with van der Waals surface area (Å²) < 4.78 is 142. The molecule has 0 N–H and O–H groups in total. The summed E-state index contributed by atoms with van der Waals surface area (Å²) in [5.41, 5.74) is -6.38. The first-order chi connectivity index (χ1) is 24.0. The topological polar surface area (TPSA) is 137 Å². The van der Waals surface area contributed by atoms with Gasteiger partial charge in [-0.05, 0) is 36.4 Å². The smallest absolute Gasteiger partial charge is 0.370 e. The van der Waals surface area contributed by atoms with Crippen molar-refractivity contribution in [2.45, 2.75) is 0 Å². The van der Waals surface area contributed by atoms with Crippen LogP contribution >= 0.6 is 0 Å². The van der Waals surface area contributed by atoms with Gasteiger partial charge in [-0.2, -0.15) is 0 Å². The minimum absolute atomic E-state index is 0.311. The van der Waals surface area contributed by atoms with Gasteiger partial charge in [0.1, 0.15) is 22.6 Å². The van der Waals surface area contributed by atoms with Gasteiger partial charge in [-0.3, -0.25) is 19.2 Å². The highest BCUT2D eigenvalue weighted by Crippen LogP contribution is 2.34. The number of ether oxygens (including phenoxy) is 1. The lowest BCUT2D eigenvalue weighted by molar-refractivity contribution is -0.0592. The Balaban J connectivity index is 1.20. The number of halogens is 10. The SMILES string of the molecule is O=C(ON1C(=O)c2ccc(Oc3ccc4c(c3)C(=O)N(OC(=O)c3c(F)c(F)c(F)c(F)c3F)C4=O)cc2C1=O)c1c(F)c(F)c(F)c(F)c1F. The Hall–Kier alpha value is -6.80. The predicted octanol–water partition coefficient (Wildman–Crippen LogP) is 5.61. The van der Waals surface area contributed by atoms with Crippen molar-refractivity contribution in [2.75, 3.05) is 0 Å². The Bertz CT molecular complexity index is 2130. The second-order valence-electron chi connectivity index (χ2n) is 9.97. The summed E-state index contributed by atoms with van der Waals surface area (Å²) in [5.74, 6) is -36.7. The number of hydrogen-bond acceptors (Lipinski definition) is 9. The van der Waals surface area contributed by atoms with E-state index in [1.807, 2.05) is 0 Å². The lowest BCUT2D eigenvalue weighted by atomic mass is 10.1. The quantitative estimate of drug-likeness (QED) is 0.108. The number of carbonyl (C=O) groups excluding carboxylic acids is 6. The van der Waals surface area contributed by atoms with E-state index in [4.69, 9.17) is 4.74 Å². The van der Waals surface area contributed by atoms with Crippen molar-refractivity contribution >= 4 is 35.6 Å². The fourth-order valence-corrected chi connectivity index (χ4v) is 4.65. The van der Waals surface area contributed by atoms with Crippen LogP contribution in [0.15, 0.2) is 36.4 Å². The predicted molar refractivity (Wildman–Crippen MR) is 137 cm³/mol. The molecule has 0 aliphatic carbocycles. The first kappa shape index (κ1) is 34.1. The minimum Gasteiger partial charge on any atom is -0.457 e. The Morgan fingerprint density at radius 1 is 0.412 bits per heavy atom. The van der Waals surface area contributed by atoms with Crippen molar-refractivity contribution < 1.29 is 87.1 Å². The van der Waals surface area contributed by atoms with Crippen LogP contribution in [0.25, 0.3) is 0 Å². The van der Waals surface area contributed by atoms with E-state index in [0.29, 0.717) is 0 Å². The summed E-state index contributed by atoms with van der Waals surface area (Å²) in [4.78, 5) is 84.3. The van der Waals surface area contributed by atoms with Gasteiger partial charge in [-0.1, -0.05) is 10.1 Å². The highest BCUT2D eigenvalue weighted by molar-refractivity contribution is 6.22. The van der Waals surface area contributed by atoms with Gasteiger partial charge in [-0.25, -0.2) is 53.5 Å². The molecule has 0 unspecified atom stereocenters. The number of imide groups is 2. The minimum atomic E-state index is -2.60. The maximum absolute atomic E-state index is 14.0. The zero-order valence-corrected chi connectivity index (χ0v) is 23.8. The molecule has 0 bridgehead atoms. The molecule has 2 aliphatic rings. The molecule has 4 aromatic carbocycles. The number of benzene rings is 4. The number of nitrogens with zero attached hydrogens (tertiary/aromatic N) is 2. The van der Waals surface area contributed by atoms with Crippen molar-refractivity contribution in [3.05, 3.63) is 128 Å². The number of carbonyl (C=O) groups is 6. The molecule has 260 valence electrons. The van der Waals surface area contributed by atoms with Gasteiger partial charge in [0.15, 0.2) is 46.5 Å². The van der Waals surface area contributed by atoms with Crippen LogP contribution in [0.3, 0.4) is 0 Å². The second-order valence-corrected chi connectivity index (χ2v) is 9.97. The van der Waals surface area contributed by atoms with Gasteiger partial charge >= 0.3 is 11.9 Å². The number of rotatable bonds is 6. The maximum atomic E-state index is 14.0. The van der Waals surface area contributed by atoms with Crippen LogP contribution in [0.5, 0.6) is 11.5 Å². The first-order valence-corrected chi connectivity index (χ1v) is 13.2. The van der Waals surface area contributed by atoms with Crippen LogP contribution in [0, 0.1) is 58.2 Å². The molecule has 0 atom stereocenters. The molecule has 0 spiro atoms. The monoisotopic (exact) mass is 728 g/mol. The molecule has 11 nitrogen and oxygen atoms in total. The van der Waals surface area contributed by atoms with Crippen molar-refractivity contribution in [1.29, 1.82) is 0 Å². The molecule has 51 heavy (non-hydrogen) atoms. The van der Waals surface area contributed by atoms with Gasteiger partial charge in [0.2, 0.25) is 11.6 Å². The third-order valence-electron chi connectivity index (χ3n) is 7.05. The summed E-state index contributed by atoms with van der Waals surface area (Å²) in [6.45, 7) is 0. The van der Waals surface area contributed by atoms with Crippen LogP contribution in [0.4, 0.5) is 43.9 Å². The molecule has 6 rings (SSSR count). The van der Waals surface area contributed by atoms with Gasteiger partial charge in [0, 0.05) is 0 Å². The number of fused-ring (bicyclic) bond motifs is 2. The molecule has 4 amide bonds. The Morgan fingerprint density at radius 3 is 1.00 bits per heavy atom. The van der Waals surface area contributed by atoms with Crippen LogP contribution in [0.1, 0.15) is 62.1 Å². The van der Waals surface area contributed by atoms with E-state index in [-0.39, 0.29) is 21.6 Å².